The Kier molecular flexibility index (Phi) is 5.29. The highest BCUT2D eigenvalue weighted by Gasteiger charge is 2.31. The number of aryl methyl sites for hydroxylation is 1. The van der Waals surface area contributed by atoms with Crippen LogP contribution < -0.4 is 15.0 Å². The minimum atomic E-state index is -0.642. The van der Waals surface area contributed by atoms with E-state index in [0.29, 0.717) is 24.7 Å². The molecule has 160 valence electrons. The summed E-state index contributed by atoms with van der Waals surface area (Å²) < 4.78 is 7.86. The van der Waals surface area contributed by atoms with E-state index in [2.05, 4.69) is 32.4 Å². The number of para-hydroxylation sites is 2. The van der Waals surface area contributed by atoms with E-state index in [9.17, 15) is 4.79 Å². The molecular weight excluding hydrogens is 402 g/mol. The van der Waals surface area contributed by atoms with E-state index in [1.165, 1.54) is 0 Å². The fourth-order valence-electron chi connectivity index (χ4n) is 3.74. The smallest absolute Gasteiger partial charge is 0.268 e. The van der Waals surface area contributed by atoms with Gasteiger partial charge in [0.25, 0.3) is 5.91 Å². The molecule has 0 radical (unpaired) electrons. The number of ether oxygens (including phenoxy) is 1. The van der Waals surface area contributed by atoms with Crippen molar-refractivity contribution in [1.82, 2.24) is 14.8 Å². The van der Waals surface area contributed by atoms with Crippen molar-refractivity contribution in [3.63, 3.8) is 0 Å². The fraction of sp³-hybridized carbons (Fsp3) is 0.160. The molecule has 0 saturated heterocycles. The number of nitrogens with one attached hydrogen (secondary N) is 1. The van der Waals surface area contributed by atoms with Gasteiger partial charge in [-0.15, -0.1) is 0 Å². The van der Waals surface area contributed by atoms with Crippen LogP contribution in [0.2, 0.25) is 0 Å². The second-order valence-corrected chi connectivity index (χ2v) is 7.78. The number of benzene rings is 2. The van der Waals surface area contributed by atoms with Gasteiger partial charge in [0.15, 0.2) is 6.10 Å². The molecule has 0 fully saturated rings. The Morgan fingerprint density at radius 2 is 1.94 bits per heavy atom. The second-order valence-electron chi connectivity index (χ2n) is 7.78. The van der Waals surface area contributed by atoms with Gasteiger partial charge in [0.2, 0.25) is 0 Å². The molecule has 0 aliphatic carbocycles. The summed E-state index contributed by atoms with van der Waals surface area (Å²) in [5.41, 5.74) is 4.15. The summed E-state index contributed by atoms with van der Waals surface area (Å²) in [6, 6.07) is 21.7. The molecule has 1 atom stereocenters. The standard InChI is InChI=1S/C25H23N5O2/c1-18-7-12-24(26-15-18)28-25(31)23-17-29(21-5-2-3-6-22(21)32-23)16-19-8-10-20(11-9-19)30-14-4-13-27-30/h2-15,23H,16-17H2,1H3,(H,26,28,31). The van der Waals surface area contributed by atoms with Crippen LogP contribution in [0.3, 0.4) is 0 Å². The molecule has 7 nitrogen and oxygen atoms in total. The summed E-state index contributed by atoms with van der Waals surface area (Å²) in [5, 5.41) is 7.14. The van der Waals surface area contributed by atoms with Gasteiger partial charge in [0, 0.05) is 25.1 Å². The molecule has 0 spiro atoms. The van der Waals surface area contributed by atoms with Crippen molar-refractivity contribution in [1.29, 1.82) is 0 Å². The lowest BCUT2D eigenvalue weighted by atomic mass is 10.1. The molecule has 1 N–H and O–H groups in total. The van der Waals surface area contributed by atoms with Crippen LogP contribution in [0.4, 0.5) is 11.5 Å². The number of hydrogen-bond donors (Lipinski definition) is 1. The molecule has 1 aliphatic heterocycles. The predicted molar refractivity (Wildman–Crippen MR) is 123 cm³/mol. The number of anilines is 2. The minimum Gasteiger partial charge on any atom is -0.477 e. The largest absolute Gasteiger partial charge is 0.477 e. The number of fused-ring (bicyclic) bond motifs is 1. The highest BCUT2D eigenvalue weighted by atomic mass is 16.5. The molecular formula is C25H23N5O2. The molecule has 1 amide bonds. The third-order valence-electron chi connectivity index (χ3n) is 5.40. The lowest BCUT2D eigenvalue weighted by molar-refractivity contribution is -0.122. The van der Waals surface area contributed by atoms with Crippen molar-refractivity contribution in [2.75, 3.05) is 16.8 Å². The third-order valence-corrected chi connectivity index (χ3v) is 5.40. The molecule has 4 aromatic rings. The van der Waals surface area contributed by atoms with Gasteiger partial charge in [-0.2, -0.15) is 5.10 Å². The lowest BCUT2D eigenvalue weighted by Crippen LogP contribution is -2.46. The first-order chi connectivity index (χ1) is 15.7. The maximum atomic E-state index is 12.9. The van der Waals surface area contributed by atoms with Gasteiger partial charge in [0.05, 0.1) is 17.9 Å². The third kappa shape index (κ3) is 4.18. The number of pyridine rings is 1. The van der Waals surface area contributed by atoms with Crippen molar-refractivity contribution in [3.8, 4) is 11.4 Å². The molecule has 32 heavy (non-hydrogen) atoms. The van der Waals surface area contributed by atoms with Gasteiger partial charge >= 0.3 is 0 Å². The van der Waals surface area contributed by atoms with Gasteiger partial charge in [-0.3, -0.25) is 4.79 Å². The molecule has 5 rings (SSSR count). The van der Waals surface area contributed by atoms with E-state index >= 15 is 0 Å². The van der Waals surface area contributed by atoms with E-state index in [1.807, 2.05) is 66.3 Å². The Morgan fingerprint density at radius 3 is 2.69 bits per heavy atom. The van der Waals surface area contributed by atoms with Crippen molar-refractivity contribution in [2.24, 2.45) is 0 Å². The van der Waals surface area contributed by atoms with Gasteiger partial charge < -0.3 is 15.0 Å². The molecule has 7 heteroatoms. The van der Waals surface area contributed by atoms with E-state index < -0.39 is 6.10 Å². The molecule has 0 saturated carbocycles. The van der Waals surface area contributed by atoms with Crippen molar-refractivity contribution >= 4 is 17.4 Å². The zero-order valence-corrected chi connectivity index (χ0v) is 17.7. The first-order valence-corrected chi connectivity index (χ1v) is 10.5. The summed E-state index contributed by atoms with van der Waals surface area (Å²) >= 11 is 0. The fourth-order valence-corrected chi connectivity index (χ4v) is 3.74. The summed E-state index contributed by atoms with van der Waals surface area (Å²) in [5.74, 6) is 1.00. The normalized spacial score (nSPS) is 15.0. The molecule has 1 unspecified atom stereocenters. The van der Waals surface area contributed by atoms with Crippen LogP contribution >= 0.6 is 0 Å². The highest BCUT2D eigenvalue weighted by molar-refractivity contribution is 5.94. The quantitative estimate of drug-likeness (QED) is 0.524. The number of aromatic nitrogens is 3. The van der Waals surface area contributed by atoms with E-state index in [-0.39, 0.29) is 5.91 Å². The Morgan fingerprint density at radius 1 is 1.09 bits per heavy atom. The Labute approximate surface area is 186 Å². The number of hydrogen-bond acceptors (Lipinski definition) is 5. The number of amides is 1. The van der Waals surface area contributed by atoms with Crippen LogP contribution in [0.5, 0.6) is 5.75 Å². The molecule has 1 aliphatic rings. The Bertz CT molecular complexity index is 1200. The van der Waals surface area contributed by atoms with Crippen LogP contribution in [-0.4, -0.2) is 33.3 Å². The molecule has 2 aromatic heterocycles. The molecule has 3 heterocycles. The molecule has 0 bridgehead atoms. The number of carbonyl (C=O) groups is 1. The van der Waals surface area contributed by atoms with Gasteiger partial charge in [0.1, 0.15) is 11.6 Å². The number of rotatable bonds is 5. The van der Waals surface area contributed by atoms with Crippen LogP contribution in [0.15, 0.2) is 85.3 Å². The van der Waals surface area contributed by atoms with E-state index in [1.54, 1.807) is 18.5 Å². The molecule has 2 aromatic carbocycles. The highest BCUT2D eigenvalue weighted by Crippen LogP contribution is 2.34. The topological polar surface area (TPSA) is 72.3 Å². The van der Waals surface area contributed by atoms with Gasteiger partial charge in [-0.25, -0.2) is 9.67 Å². The van der Waals surface area contributed by atoms with E-state index in [0.717, 1.165) is 22.5 Å². The average molecular weight is 425 g/mol. The lowest BCUT2D eigenvalue weighted by Gasteiger charge is -2.35. The summed E-state index contributed by atoms with van der Waals surface area (Å²) in [7, 11) is 0. The van der Waals surface area contributed by atoms with Gasteiger partial charge in [-0.05, 0) is 54.4 Å². The van der Waals surface area contributed by atoms with Crippen molar-refractivity contribution in [3.05, 3.63) is 96.4 Å². The maximum absolute atomic E-state index is 12.9. The number of nitrogens with zero attached hydrogens (tertiary/aromatic N) is 4. The van der Waals surface area contributed by atoms with Gasteiger partial charge in [-0.1, -0.05) is 30.3 Å². The number of carbonyl (C=O) groups excluding carboxylic acids is 1. The SMILES string of the molecule is Cc1ccc(NC(=O)C2CN(Cc3ccc(-n4cccn4)cc3)c3ccccc3O2)nc1. The monoisotopic (exact) mass is 425 g/mol. The first kappa shape index (κ1) is 19.8. The summed E-state index contributed by atoms with van der Waals surface area (Å²) in [6.45, 7) is 3.06. The Balaban J connectivity index is 1.34. The minimum absolute atomic E-state index is 0.213. The van der Waals surface area contributed by atoms with Crippen LogP contribution in [0.1, 0.15) is 11.1 Å². The van der Waals surface area contributed by atoms with E-state index in [4.69, 9.17) is 4.74 Å². The van der Waals surface area contributed by atoms with Crippen molar-refractivity contribution in [2.45, 2.75) is 19.6 Å². The summed E-state index contributed by atoms with van der Waals surface area (Å²) in [6.07, 6.45) is 4.76. The zero-order valence-electron chi connectivity index (χ0n) is 17.7. The summed E-state index contributed by atoms with van der Waals surface area (Å²) in [4.78, 5) is 19.4. The predicted octanol–water partition coefficient (Wildman–Crippen LogP) is 3.98. The first-order valence-electron chi connectivity index (χ1n) is 10.5. The van der Waals surface area contributed by atoms with Crippen LogP contribution in [-0.2, 0) is 11.3 Å². The van der Waals surface area contributed by atoms with Crippen molar-refractivity contribution < 1.29 is 9.53 Å². The second kappa shape index (κ2) is 8.55. The Hall–Kier alpha value is -4.13. The van der Waals surface area contributed by atoms with Crippen LogP contribution in [0, 0.1) is 6.92 Å². The average Bonchev–Trinajstić information content (AvgIpc) is 3.36. The zero-order chi connectivity index (χ0) is 21.9. The maximum Gasteiger partial charge on any atom is 0.268 e. The van der Waals surface area contributed by atoms with Crippen LogP contribution in [0.25, 0.3) is 5.69 Å².